The van der Waals surface area contributed by atoms with Crippen molar-refractivity contribution in [1.29, 1.82) is 0 Å². The van der Waals surface area contributed by atoms with E-state index < -0.39 is 0 Å². The number of thiazole rings is 1. The fourth-order valence-electron chi connectivity index (χ4n) is 2.07. The molecule has 0 aliphatic carbocycles. The number of hydrogen-bond acceptors (Lipinski definition) is 4. The highest BCUT2D eigenvalue weighted by Gasteiger charge is 2.11. The fourth-order valence-corrected chi connectivity index (χ4v) is 3.29. The van der Waals surface area contributed by atoms with Crippen LogP contribution in [-0.2, 0) is 13.2 Å². The van der Waals surface area contributed by atoms with Crippen molar-refractivity contribution in [2.45, 2.75) is 39.8 Å². The molecule has 3 nitrogen and oxygen atoms in total. The molecule has 0 amide bonds. The van der Waals surface area contributed by atoms with E-state index >= 15 is 0 Å². The Bertz CT molecular complexity index is 610. The lowest BCUT2D eigenvalue weighted by Gasteiger charge is -2.14. The maximum absolute atomic E-state index is 6.28. The molecule has 1 aromatic carbocycles. The van der Waals surface area contributed by atoms with Crippen LogP contribution in [0.15, 0.2) is 17.5 Å². The average Bonchev–Trinajstić information content (AvgIpc) is 2.85. The zero-order chi connectivity index (χ0) is 15.4. The number of benzene rings is 1. The lowest BCUT2D eigenvalue weighted by Crippen LogP contribution is -2.05. The summed E-state index contributed by atoms with van der Waals surface area (Å²) < 4.78 is 5.93. The molecular weight excluding hydrogens is 304 g/mol. The Morgan fingerprint density at radius 3 is 2.81 bits per heavy atom. The van der Waals surface area contributed by atoms with Crippen LogP contribution >= 0.6 is 22.9 Å². The predicted molar refractivity (Wildman–Crippen MR) is 89.5 cm³/mol. The Hall–Kier alpha value is -1.10. The number of hydrogen-bond donors (Lipinski definition) is 1. The molecule has 2 aromatic rings. The van der Waals surface area contributed by atoms with Crippen LogP contribution in [0.4, 0.5) is 0 Å². The van der Waals surface area contributed by atoms with Gasteiger partial charge < -0.3 is 10.1 Å². The minimum Gasteiger partial charge on any atom is -0.487 e. The second kappa shape index (κ2) is 7.25. The van der Waals surface area contributed by atoms with E-state index in [2.05, 4.69) is 24.1 Å². The van der Waals surface area contributed by atoms with E-state index in [4.69, 9.17) is 16.3 Å². The fraction of sp³-hybridized carbons (Fsp3) is 0.438. The van der Waals surface area contributed by atoms with E-state index in [0.29, 0.717) is 12.5 Å². The lowest BCUT2D eigenvalue weighted by atomic mass is 10.0. The summed E-state index contributed by atoms with van der Waals surface area (Å²) in [5.74, 6) is 1.26. The molecule has 0 atom stereocenters. The molecule has 5 heteroatoms. The second-order valence-electron chi connectivity index (χ2n) is 5.35. The summed E-state index contributed by atoms with van der Waals surface area (Å²) in [6, 6.07) is 4.02. The highest BCUT2D eigenvalue weighted by Crippen LogP contribution is 2.31. The minimum atomic E-state index is 0.377. The first-order valence-corrected chi connectivity index (χ1v) is 8.27. The smallest absolute Gasteiger partial charge is 0.131 e. The first-order valence-electron chi connectivity index (χ1n) is 7.02. The van der Waals surface area contributed by atoms with Crippen molar-refractivity contribution in [2.75, 3.05) is 7.05 Å². The van der Waals surface area contributed by atoms with Gasteiger partial charge in [0.25, 0.3) is 0 Å². The van der Waals surface area contributed by atoms with Gasteiger partial charge in [0, 0.05) is 16.9 Å². The Morgan fingerprint density at radius 1 is 1.38 bits per heavy atom. The SMILES string of the molecule is CNCc1nc(COc2cc(C(C)C)c(Cl)cc2C)cs1. The van der Waals surface area contributed by atoms with Gasteiger partial charge >= 0.3 is 0 Å². The van der Waals surface area contributed by atoms with Gasteiger partial charge in [-0.1, -0.05) is 25.4 Å². The molecule has 0 fully saturated rings. The van der Waals surface area contributed by atoms with Gasteiger partial charge in [-0.25, -0.2) is 4.98 Å². The maximum Gasteiger partial charge on any atom is 0.131 e. The summed E-state index contributed by atoms with van der Waals surface area (Å²) in [6.45, 7) is 7.55. The predicted octanol–water partition coefficient (Wildman–Crippen LogP) is 4.53. The molecule has 114 valence electrons. The number of rotatable bonds is 6. The van der Waals surface area contributed by atoms with E-state index in [1.54, 1.807) is 11.3 Å². The zero-order valence-corrected chi connectivity index (χ0v) is 14.4. The largest absolute Gasteiger partial charge is 0.487 e. The van der Waals surface area contributed by atoms with Crippen molar-refractivity contribution in [3.8, 4) is 5.75 Å². The van der Waals surface area contributed by atoms with E-state index in [9.17, 15) is 0 Å². The maximum atomic E-state index is 6.28. The van der Waals surface area contributed by atoms with Crippen LogP contribution in [0, 0.1) is 6.92 Å². The van der Waals surface area contributed by atoms with Gasteiger partial charge in [-0.2, -0.15) is 0 Å². The Kier molecular flexibility index (Phi) is 5.62. The Balaban J connectivity index is 2.10. The van der Waals surface area contributed by atoms with Crippen LogP contribution in [0.2, 0.25) is 5.02 Å². The number of nitrogens with zero attached hydrogens (tertiary/aromatic N) is 1. The molecule has 2 rings (SSSR count). The first kappa shape index (κ1) is 16.3. The molecule has 1 aromatic heterocycles. The van der Waals surface area contributed by atoms with Gasteiger partial charge in [0.15, 0.2) is 0 Å². The third kappa shape index (κ3) is 4.19. The van der Waals surface area contributed by atoms with Crippen molar-refractivity contribution in [1.82, 2.24) is 10.3 Å². The van der Waals surface area contributed by atoms with Crippen LogP contribution in [0.3, 0.4) is 0 Å². The standard InChI is InChI=1S/C16H21ClN2OS/c1-10(2)13-6-15(11(3)5-14(13)17)20-8-12-9-21-16(19-12)7-18-4/h5-6,9-10,18H,7-8H2,1-4H3. The van der Waals surface area contributed by atoms with Crippen molar-refractivity contribution in [3.05, 3.63) is 44.4 Å². The lowest BCUT2D eigenvalue weighted by molar-refractivity contribution is 0.299. The molecule has 0 aliphatic heterocycles. The third-order valence-electron chi connectivity index (χ3n) is 3.22. The molecule has 0 unspecified atom stereocenters. The number of halogens is 1. The van der Waals surface area contributed by atoms with Crippen LogP contribution in [0.25, 0.3) is 0 Å². The summed E-state index contributed by atoms with van der Waals surface area (Å²) in [7, 11) is 1.92. The number of nitrogens with one attached hydrogen (secondary N) is 1. The number of aryl methyl sites for hydroxylation is 1. The Labute approximate surface area is 135 Å². The molecule has 0 saturated heterocycles. The Morgan fingerprint density at radius 2 is 2.14 bits per heavy atom. The summed E-state index contributed by atoms with van der Waals surface area (Å²) in [4.78, 5) is 4.52. The molecule has 1 N–H and O–H groups in total. The normalized spacial score (nSPS) is 11.1. The van der Waals surface area contributed by atoms with Gasteiger partial charge in [0.05, 0.1) is 5.69 Å². The molecule has 1 heterocycles. The average molecular weight is 325 g/mol. The van der Waals surface area contributed by atoms with Crippen molar-refractivity contribution in [3.63, 3.8) is 0 Å². The van der Waals surface area contributed by atoms with Crippen LogP contribution in [0.5, 0.6) is 5.75 Å². The summed E-state index contributed by atoms with van der Waals surface area (Å²) >= 11 is 7.93. The summed E-state index contributed by atoms with van der Waals surface area (Å²) in [5, 5.41) is 7.02. The molecule has 0 aliphatic rings. The first-order chi connectivity index (χ1) is 10.0. The van der Waals surface area contributed by atoms with Crippen LogP contribution in [-0.4, -0.2) is 12.0 Å². The number of ether oxygens (including phenoxy) is 1. The molecule has 0 radical (unpaired) electrons. The molecule has 0 saturated carbocycles. The topological polar surface area (TPSA) is 34.2 Å². The van der Waals surface area contributed by atoms with Gasteiger partial charge in [0.2, 0.25) is 0 Å². The zero-order valence-electron chi connectivity index (χ0n) is 12.9. The van der Waals surface area contributed by atoms with Crippen molar-refractivity contribution >= 4 is 22.9 Å². The van der Waals surface area contributed by atoms with Gasteiger partial charge in [0.1, 0.15) is 17.4 Å². The number of aromatic nitrogens is 1. The highest BCUT2D eigenvalue weighted by atomic mass is 35.5. The molecule has 21 heavy (non-hydrogen) atoms. The van der Waals surface area contributed by atoms with Crippen LogP contribution < -0.4 is 10.1 Å². The van der Waals surface area contributed by atoms with Crippen molar-refractivity contribution in [2.24, 2.45) is 0 Å². The van der Waals surface area contributed by atoms with Crippen molar-refractivity contribution < 1.29 is 4.74 Å². The quantitative estimate of drug-likeness (QED) is 0.847. The van der Waals surface area contributed by atoms with E-state index in [-0.39, 0.29) is 0 Å². The third-order valence-corrected chi connectivity index (χ3v) is 4.44. The monoisotopic (exact) mass is 324 g/mol. The summed E-state index contributed by atoms with van der Waals surface area (Å²) in [6.07, 6.45) is 0. The van der Waals surface area contributed by atoms with E-state index in [0.717, 1.165) is 39.1 Å². The molecular formula is C16H21ClN2OS. The van der Waals surface area contributed by atoms with Gasteiger partial charge in [-0.05, 0) is 43.1 Å². The molecule has 0 bridgehead atoms. The highest BCUT2D eigenvalue weighted by molar-refractivity contribution is 7.09. The van der Waals surface area contributed by atoms with Crippen LogP contribution in [0.1, 0.15) is 41.6 Å². The minimum absolute atomic E-state index is 0.377. The second-order valence-corrected chi connectivity index (χ2v) is 6.70. The summed E-state index contributed by atoms with van der Waals surface area (Å²) in [5.41, 5.74) is 3.13. The van der Waals surface area contributed by atoms with Gasteiger partial charge in [-0.15, -0.1) is 11.3 Å². The van der Waals surface area contributed by atoms with E-state index in [1.807, 2.05) is 31.5 Å². The van der Waals surface area contributed by atoms with Gasteiger partial charge in [-0.3, -0.25) is 0 Å². The van der Waals surface area contributed by atoms with E-state index in [1.165, 1.54) is 0 Å². The molecule has 0 spiro atoms.